The quantitative estimate of drug-likeness (QED) is 0.800. The first-order valence-electron chi connectivity index (χ1n) is 4.69. The number of nitrogens with one attached hydrogen (secondary N) is 1. The summed E-state index contributed by atoms with van der Waals surface area (Å²) < 4.78 is 5.09. The van der Waals surface area contributed by atoms with Crippen LogP contribution in [0.5, 0.6) is 5.75 Å². The van der Waals surface area contributed by atoms with Crippen molar-refractivity contribution in [1.82, 2.24) is 5.32 Å². The van der Waals surface area contributed by atoms with Gasteiger partial charge in [-0.3, -0.25) is 4.79 Å². The molecule has 0 aliphatic heterocycles. The number of ether oxygens (including phenoxy) is 1. The fourth-order valence-corrected chi connectivity index (χ4v) is 1.25. The van der Waals surface area contributed by atoms with E-state index >= 15 is 0 Å². The molecule has 0 saturated heterocycles. The molecule has 1 aromatic carbocycles. The molecule has 1 atom stereocenters. The molecule has 0 bridgehead atoms. The van der Waals surface area contributed by atoms with Crippen LogP contribution < -0.4 is 10.1 Å². The normalized spacial score (nSPS) is 11.9. The molecule has 0 aliphatic rings. The van der Waals surface area contributed by atoms with Crippen molar-refractivity contribution in [3.63, 3.8) is 0 Å². The monoisotopic (exact) mass is 227 g/mol. The summed E-state index contributed by atoms with van der Waals surface area (Å²) in [6.07, 6.45) is 0. The van der Waals surface area contributed by atoms with Crippen molar-refractivity contribution in [2.24, 2.45) is 0 Å². The van der Waals surface area contributed by atoms with E-state index in [0.717, 1.165) is 0 Å². The molecule has 0 fully saturated rings. The Morgan fingerprint density at radius 2 is 2.20 bits per heavy atom. The molecule has 0 aromatic heterocycles. The van der Waals surface area contributed by atoms with Crippen molar-refractivity contribution in [3.05, 3.63) is 29.8 Å². The third-order valence-corrected chi connectivity index (χ3v) is 2.42. The van der Waals surface area contributed by atoms with Crippen LogP contribution in [0.3, 0.4) is 0 Å². The van der Waals surface area contributed by atoms with Gasteiger partial charge in [-0.15, -0.1) is 11.6 Å². The number of rotatable bonds is 4. The largest absolute Gasteiger partial charge is 0.496 e. The molecule has 0 radical (unpaired) electrons. The van der Waals surface area contributed by atoms with Gasteiger partial charge >= 0.3 is 0 Å². The minimum absolute atomic E-state index is 0.0518. The van der Waals surface area contributed by atoms with Crippen LogP contribution in [-0.4, -0.2) is 24.9 Å². The highest BCUT2D eigenvalue weighted by molar-refractivity contribution is 6.18. The van der Waals surface area contributed by atoms with Gasteiger partial charge in [0.25, 0.3) is 5.91 Å². The molecule has 1 rings (SSSR count). The lowest BCUT2D eigenvalue weighted by Crippen LogP contribution is -2.33. The number of hydrogen-bond donors (Lipinski definition) is 1. The predicted molar refractivity (Wildman–Crippen MR) is 60.6 cm³/mol. The molecule has 0 spiro atoms. The van der Waals surface area contributed by atoms with Gasteiger partial charge in [0.2, 0.25) is 0 Å². The highest BCUT2D eigenvalue weighted by atomic mass is 35.5. The number of hydrogen-bond acceptors (Lipinski definition) is 2. The highest BCUT2D eigenvalue weighted by Crippen LogP contribution is 2.16. The van der Waals surface area contributed by atoms with Crippen molar-refractivity contribution >= 4 is 17.5 Å². The fraction of sp³-hybridized carbons (Fsp3) is 0.364. The Morgan fingerprint density at radius 1 is 1.53 bits per heavy atom. The number of carbonyl (C=O) groups excluding carboxylic acids is 1. The summed E-state index contributed by atoms with van der Waals surface area (Å²) >= 11 is 5.61. The zero-order chi connectivity index (χ0) is 11.3. The van der Waals surface area contributed by atoms with Gasteiger partial charge in [-0.1, -0.05) is 12.1 Å². The summed E-state index contributed by atoms with van der Waals surface area (Å²) in [7, 11) is 1.54. The van der Waals surface area contributed by atoms with E-state index in [1.807, 2.05) is 13.0 Å². The van der Waals surface area contributed by atoms with Gasteiger partial charge in [0.05, 0.1) is 12.7 Å². The Balaban J connectivity index is 2.81. The average Bonchev–Trinajstić information content (AvgIpc) is 2.28. The third-order valence-electron chi connectivity index (χ3n) is 1.96. The van der Waals surface area contributed by atoms with Crippen molar-refractivity contribution in [3.8, 4) is 5.75 Å². The standard InChI is InChI=1S/C11H14ClNO2/c1-8(7-12)13-11(14)9-5-3-4-6-10(9)15-2/h3-6,8H,7H2,1-2H3,(H,13,14). The van der Waals surface area contributed by atoms with E-state index < -0.39 is 0 Å². The van der Waals surface area contributed by atoms with E-state index in [1.54, 1.807) is 18.2 Å². The van der Waals surface area contributed by atoms with Gasteiger partial charge in [0, 0.05) is 11.9 Å². The number of para-hydroxylation sites is 1. The lowest BCUT2D eigenvalue weighted by Gasteiger charge is -2.12. The van der Waals surface area contributed by atoms with Gasteiger partial charge < -0.3 is 10.1 Å². The van der Waals surface area contributed by atoms with Crippen LogP contribution in [0.15, 0.2) is 24.3 Å². The Labute approximate surface area is 94.4 Å². The molecular weight excluding hydrogens is 214 g/mol. The van der Waals surface area contributed by atoms with Crippen LogP contribution in [0.4, 0.5) is 0 Å². The zero-order valence-electron chi connectivity index (χ0n) is 8.79. The summed E-state index contributed by atoms with van der Waals surface area (Å²) in [6, 6.07) is 7.03. The molecule has 1 amide bonds. The number of carbonyl (C=O) groups is 1. The lowest BCUT2D eigenvalue weighted by atomic mass is 10.2. The van der Waals surface area contributed by atoms with E-state index in [0.29, 0.717) is 17.2 Å². The Kier molecular flexibility index (Phi) is 4.43. The van der Waals surface area contributed by atoms with E-state index in [9.17, 15) is 4.79 Å². The molecule has 0 aliphatic carbocycles. The summed E-state index contributed by atoms with van der Waals surface area (Å²) in [6.45, 7) is 1.85. The minimum Gasteiger partial charge on any atom is -0.496 e. The van der Waals surface area contributed by atoms with Crippen LogP contribution >= 0.6 is 11.6 Å². The third kappa shape index (κ3) is 3.13. The van der Waals surface area contributed by atoms with Gasteiger partial charge in [-0.2, -0.15) is 0 Å². The zero-order valence-corrected chi connectivity index (χ0v) is 9.54. The molecule has 0 saturated carbocycles. The molecule has 1 unspecified atom stereocenters. The van der Waals surface area contributed by atoms with Crippen LogP contribution in [-0.2, 0) is 0 Å². The molecule has 3 nitrogen and oxygen atoms in total. The smallest absolute Gasteiger partial charge is 0.255 e. The summed E-state index contributed by atoms with van der Waals surface area (Å²) in [4.78, 5) is 11.7. The van der Waals surface area contributed by atoms with E-state index in [4.69, 9.17) is 16.3 Å². The second-order valence-electron chi connectivity index (χ2n) is 3.23. The van der Waals surface area contributed by atoms with Gasteiger partial charge in [0.15, 0.2) is 0 Å². The Hall–Kier alpha value is -1.22. The summed E-state index contributed by atoms with van der Waals surface area (Å²) in [5.74, 6) is 0.790. The summed E-state index contributed by atoms with van der Waals surface area (Å²) in [5.41, 5.74) is 0.525. The molecule has 1 aromatic rings. The molecule has 15 heavy (non-hydrogen) atoms. The topological polar surface area (TPSA) is 38.3 Å². The van der Waals surface area contributed by atoms with Gasteiger partial charge in [-0.25, -0.2) is 0 Å². The van der Waals surface area contributed by atoms with Crippen LogP contribution in [0.2, 0.25) is 0 Å². The SMILES string of the molecule is COc1ccccc1C(=O)NC(C)CCl. The second-order valence-corrected chi connectivity index (χ2v) is 3.54. The minimum atomic E-state index is -0.166. The summed E-state index contributed by atoms with van der Waals surface area (Å²) in [5, 5.41) is 2.77. The molecule has 1 N–H and O–H groups in total. The lowest BCUT2D eigenvalue weighted by molar-refractivity contribution is 0.0940. The van der Waals surface area contributed by atoms with Crippen molar-refractivity contribution in [1.29, 1.82) is 0 Å². The first-order chi connectivity index (χ1) is 7.19. The van der Waals surface area contributed by atoms with Crippen molar-refractivity contribution in [2.45, 2.75) is 13.0 Å². The molecular formula is C11H14ClNO2. The Bertz CT molecular complexity index is 341. The van der Waals surface area contributed by atoms with Crippen LogP contribution in [0.1, 0.15) is 17.3 Å². The maximum Gasteiger partial charge on any atom is 0.255 e. The predicted octanol–water partition coefficient (Wildman–Crippen LogP) is 2.05. The van der Waals surface area contributed by atoms with Crippen LogP contribution in [0.25, 0.3) is 0 Å². The highest BCUT2D eigenvalue weighted by Gasteiger charge is 2.12. The number of amides is 1. The van der Waals surface area contributed by atoms with E-state index in [-0.39, 0.29) is 11.9 Å². The molecule has 4 heteroatoms. The van der Waals surface area contributed by atoms with Gasteiger partial charge in [0.1, 0.15) is 5.75 Å². The fourth-order valence-electron chi connectivity index (χ4n) is 1.17. The maximum absolute atomic E-state index is 11.7. The molecule has 82 valence electrons. The van der Waals surface area contributed by atoms with E-state index in [2.05, 4.69) is 5.32 Å². The van der Waals surface area contributed by atoms with Crippen molar-refractivity contribution in [2.75, 3.05) is 13.0 Å². The second kappa shape index (κ2) is 5.61. The van der Waals surface area contributed by atoms with E-state index in [1.165, 1.54) is 7.11 Å². The van der Waals surface area contributed by atoms with Crippen molar-refractivity contribution < 1.29 is 9.53 Å². The average molecular weight is 228 g/mol. The van der Waals surface area contributed by atoms with Crippen LogP contribution in [0, 0.1) is 0 Å². The number of benzene rings is 1. The number of halogens is 1. The Morgan fingerprint density at radius 3 is 2.80 bits per heavy atom. The number of methoxy groups -OCH3 is 1. The maximum atomic E-state index is 11.7. The molecule has 0 heterocycles. The number of alkyl halides is 1. The van der Waals surface area contributed by atoms with Gasteiger partial charge in [-0.05, 0) is 19.1 Å². The first-order valence-corrected chi connectivity index (χ1v) is 5.22. The first kappa shape index (κ1) is 11.9.